The minimum Gasteiger partial charge on any atom is -0.481 e. The molecule has 2 N–H and O–H groups in total. The zero-order valence-corrected chi connectivity index (χ0v) is 13.1. The number of thiophene rings is 1. The molecule has 5 nitrogen and oxygen atoms in total. The molecule has 2 atom stereocenters. The summed E-state index contributed by atoms with van der Waals surface area (Å²) in [5, 5.41) is 15.8. The molecule has 0 bridgehead atoms. The average Bonchev–Trinajstić information content (AvgIpc) is 2.99. The van der Waals surface area contributed by atoms with Gasteiger partial charge in [-0.15, -0.1) is 0 Å². The first-order chi connectivity index (χ1) is 10.1. The molecule has 1 aromatic rings. The highest BCUT2D eigenvalue weighted by atomic mass is 32.1. The van der Waals surface area contributed by atoms with E-state index in [1.807, 2.05) is 28.7 Å². The second-order valence-corrected chi connectivity index (χ2v) is 6.39. The normalized spacial score (nSPS) is 20.0. The maximum Gasteiger partial charge on any atom is 0.317 e. The first-order valence-electron chi connectivity index (χ1n) is 7.35. The van der Waals surface area contributed by atoms with Gasteiger partial charge in [0.05, 0.1) is 6.04 Å². The monoisotopic (exact) mass is 310 g/mol. The van der Waals surface area contributed by atoms with E-state index in [1.54, 1.807) is 11.3 Å². The molecule has 1 aliphatic rings. The largest absolute Gasteiger partial charge is 0.481 e. The summed E-state index contributed by atoms with van der Waals surface area (Å²) < 4.78 is 0. The van der Waals surface area contributed by atoms with Crippen molar-refractivity contribution < 1.29 is 14.7 Å². The van der Waals surface area contributed by atoms with Crippen molar-refractivity contribution in [2.24, 2.45) is 5.92 Å². The first kappa shape index (κ1) is 15.8. The van der Waals surface area contributed by atoms with Gasteiger partial charge >= 0.3 is 12.0 Å². The molecule has 2 heterocycles. The number of piperidine rings is 1. The van der Waals surface area contributed by atoms with Crippen molar-refractivity contribution in [3.8, 4) is 0 Å². The summed E-state index contributed by atoms with van der Waals surface area (Å²) in [7, 11) is 0. The fraction of sp³-hybridized carbons (Fsp3) is 0.600. The number of aliphatic carboxylic acids is 1. The molecule has 0 radical (unpaired) electrons. The lowest BCUT2D eigenvalue weighted by molar-refractivity contribution is -0.137. The summed E-state index contributed by atoms with van der Waals surface area (Å²) >= 11 is 1.62. The summed E-state index contributed by atoms with van der Waals surface area (Å²) in [5.74, 6) is -0.459. The molecule has 116 valence electrons. The smallest absolute Gasteiger partial charge is 0.317 e. The molecule has 1 saturated heterocycles. The van der Waals surface area contributed by atoms with E-state index < -0.39 is 5.97 Å². The van der Waals surface area contributed by atoms with Crippen LogP contribution in [0.25, 0.3) is 0 Å². The molecule has 6 heteroatoms. The van der Waals surface area contributed by atoms with Crippen molar-refractivity contribution >= 4 is 23.3 Å². The van der Waals surface area contributed by atoms with Gasteiger partial charge in [0.2, 0.25) is 0 Å². The van der Waals surface area contributed by atoms with Gasteiger partial charge in [0.25, 0.3) is 0 Å². The Morgan fingerprint density at radius 1 is 1.57 bits per heavy atom. The Hall–Kier alpha value is -1.56. The molecular weight excluding hydrogens is 288 g/mol. The number of carbonyl (C=O) groups excluding carboxylic acids is 1. The zero-order valence-electron chi connectivity index (χ0n) is 12.2. The van der Waals surface area contributed by atoms with Crippen LogP contribution >= 0.6 is 11.3 Å². The van der Waals surface area contributed by atoms with E-state index >= 15 is 0 Å². The molecule has 21 heavy (non-hydrogen) atoms. The molecular formula is C15H22N2O3S. The van der Waals surface area contributed by atoms with Crippen molar-refractivity contribution in [2.45, 2.75) is 38.6 Å². The SMILES string of the molecule is CC(NC(=O)N1CCCC(CCC(=O)O)C1)c1ccsc1. The van der Waals surface area contributed by atoms with Crippen LogP contribution in [-0.4, -0.2) is 35.1 Å². The molecule has 1 aromatic heterocycles. The quantitative estimate of drug-likeness (QED) is 0.878. The lowest BCUT2D eigenvalue weighted by Gasteiger charge is -2.33. The van der Waals surface area contributed by atoms with Crippen LogP contribution in [0.4, 0.5) is 4.79 Å². The topological polar surface area (TPSA) is 69.6 Å². The van der Waals surface area contributed by atoms with E-state index in [1.165, 1.54) is 0 Å². The lowest BCUT2D eigenvalue weighted by Crippen LogP contribution is -2.46. The Balaban J connectivity index is 1.82. The zero-order chi connectivity index (χ0) is 15.2. The van der Waals surface area contributed by atoms with Crippen molar-refractivity contribution in [2.75, 3.05) is 13.1 Å². The lowest BCUT2D eigenvalue weighted by atomic mass is 9.93. The number of carboxylic acids is 1. The molecule has 0 aliphatic carbocycles. The Labute approximate surface area is 129 Å². The van der Waals surface area contributed by atoms with Crippen molar-refractivity contribution in [1.29, 1.82) is 0 Å². The number of carboxylic acid groups (broad SMARTS) is 1. The number of nitrogens with one attached hydrogen (secondary N) is 1. The molecule has 2 unspecified atom stereocenters. The maximum atomic E-state index is 12.3. The summed E-state index contributed by atoms with van der Waals surface area (Å²) in [6, 6.07) is 1.97. The van der Waals surface area contributed by atoms with E-state index in [4.69, 9.17) is 5.11 Å². The predicted molar refractivity (Wildman–Crippen MR) is 82.4 cm³/mol. The Morgan fingerprint density at radius 2 is 2.38 bits per heavy atom. The van der Waals surface area contributed by atoms with Crippen molar-refractivity contribution in [3.63, 3.8) is 0 Å². The molecule has 2 amide bonds. The number of rotatable bonds is 5. The summed E-state index contributed by atoms with van der Waals surface area (Å²) in [5.41, 5.74) is 1.12. The number of urea groups is 1. The maximum absolute atomic E-state index is 12.3. The minimum atomic E-state index is -0.761. The van der Waals surface area contributed by atoms with Gasteiger partial charge in [-0.1, -0.05) is 0 Å². The van der Waals surface area contributed by atoms with Gasteiger partial charge in [-0.3, -0.25) is 4.79 Å². The molecule has 2 rings (SSSR count). The third-order valence-corrected chi connectivity index (χ3v) is 4.66. The first-order valence-corrected chi connectivity index (χ1v) is 8.30. The highest BCUT2D eigenvalue weighted by Gasteiger charge is 2.24. The van der Waals surface area contributed by atoms with Crippen LogP contribution in [0.15, 0.2) is 16.8 Å². The van der Waals surface area contributed by atoms with Crippen LogP contribution in [0.1, 0.15) is 44.2 Å². The average molecular weight is 310 g/mol. The Kier molecular flexibility index (Phi) is 5.61. The third-order valence-electron chi connectivity index (χ3n) is 3.96. The van der Waals surface area contributed by atoms with Crippen LogP contribution in [0.5, 0.6) is 0 Å². The van der Waals surface area contributed by atoms with Gasteiger partial charge in [-0.05, 0) is 54.5 Å². The number of hydrogen-bond donors (Lipinski definition) is 2. The van der Waals surface area contributed by atoms with E-state index in [-0.39, 0.29) is 18.5 Å². The van der Waals surface area contributed by atoms with Crippen LogP contribution in [0.3, 0.4) is 0 Å². The molecule has 0 spiro atoms. The van der Waals surface area contributed by atoms with Gasteiger partial charge < -0.3 is 15.3 Å². The molecule has 0 saturated carbocycles. The van der Waals surface area contributed by atoms with E-state index in [0.29, 0.717) is 18.9 Å². The van der Waals surface area contributed by atoms with E-state index in [9.17, 15) is 9.59 Å². The summed E-state index contributed by atoms with van der Waals surface area (Å²) in [6.45, 7) is 3.40. The molecule has 1 fully saturated rings. The fourth-order valence-electron chi connectivity index (χ4n) is 2.69. The van der Waals surface area contributed by atoms with Gasteiger partial charge in [0, 0.05) is 19.5 Å². The fourth-order valence-corrected chi connectivity index (χ4v) is 3.45. The van der Waals surface area contributed by atoms with Gasteiger partial charge in [-0.25, -0.2) is 4.79 Å². The second kappa shape index (κ2) is 7.45. The van der Waals surface area contributed by atoms with Crippen LogP contribution in [0.2, 0.25) is 0 Å². The number of likely N-dealkylation sites (tertiary alicyclic amines) is 1. The van der Waals surface area contributed by atoms with Crippen molar-refractivity contribution in [3.05, 3.63) is 22.4 Å². The molecule has 0 aromatic carbocycles. The van der Waals surface area contributed by atoms with Gasteiger partial charge in [0.1, 0.15) is 0 Å². The standard InChI is InChI=1S/C15H22N2O3S/c1-11(13-6-8-21-10-13)16-15(20)17-7-2-3-12(9-17)4-5-14(18)19/h6,8,10-12H,2-5,7,9H2,1H3,(H,16,20)(H,18,19). The van der Waals surface area contributed by atoms with Gasteiger partial charge in [-0.2, -0.15) is 11.3 Å². The molecule has 1 aliphatic heterocycles. The third kappa shape index (κ3) is 4.74. The number of amides is 2. The second-order valence-electron chi connectivity index (χ2n) is 5.61. The number of hydrogen-bond acceptors (Lipinski definition) is 3. The summed E-state index contributed by atoms with van der Waals surface area (Å²) in [6.07, 6.45) is 2.80. The van der Waals surface area contributed by atoms with Crippen LogP contribution in [0, 0.1) is 5.92 Å². The predicted octanol–water partition coefficient (Wildman–Crippen LogP) is 3.10. The van der Waals surface area contributed by atoms with Crippen LogP contribution in [-0.2, 0) is 4.79 Å². The minimum absolute atomic E-state index is 0.00291. The Morgan fingerprint density at radius 3 is 3.05 bits per heavy atom. The van der Waals surface area contributed by atoms with E-state index in [2.05, 4.69) is 5.32 Å². The van der Waals surface area contributed by atoms with Crippen LogP contribution < -0.4 is 5.32 Å². The number of nitrogens with zero attached hydrogens (tertiary/aromatic N) is 1. The van der Waals surface area contributed by atoms with Crippen molar-refractivity contribution in [1.82, 2.24) is 10.2 Å². The highest BCUT2D eigenvalue weighted by Crippen LogP contribution is 2.22. The summed E-state index contributed by atoms with van der Waals surface area (Å²) in [4.78, 5) is 24.7. The number of carbonyl (C=O) groups is 2. The highest BCUT2D eigenvalue weighted by molar-refractivity contribution is 7.07. The van der Waals surface area contributed by atoms with Gasteiger partial charge in [0.15, 0.2) is 0 Å². The van der Waals surface area contributed by atoms with E-state index in [0.717, 1.165) is 24.9 Å². The Bertz CT molecular complexity index is 475.